The van der Waals surface area contributed by atoms with Crippen molar-refractivity contribution in [1.82, 2.24) is 13.8 Å². The minimum absolute atomic E-state index is 0.000347. The zero-order valence-electron chi connectivity index (χ0n) is 8.38. The fraction of sp³-hybridized carbons (Fsp3) is 0.100. The molecule has 0 saturated carbocycles. The molecule has 0 amide bonds. The van der Waals surface area contributed by atoms with Crippen LogP contribution >= 0.6 is 11.3 Å². The molecule has 0 unspecified atom stereocenters. The monoisotopic (exact) mass is 297 g/mol. The van der Waals surface area contributed by atoms with E-state index in [0.29, 0.717) is 5.13 Å². The van der Waals surface area contributed by atoms with Gasteiger partial charge in [0.05, 0.1) is 0 Å². The summed E-state index contributed by atoms with van der Waals surface area (Å²) < 4.78 is 2.86. The zero-order chi connectivity index (χ0) is 11.1. The van der Waals surface area contributed by atoms with Crippen molar-refractivity contribution in [3.05, 3.63) is 39.6 Å². The van der Waals surface area contributed by atoms with Gasteiger partial charge in [0, 0.05) is 0 Å². The summed E-state index contributed by atoms with van der Waals surface area (Å²) in [4.78, 5) is 12.1. The molecule has 3 rings (SSSR count). The summed E-state index contributed by atoms with van der Waals surface area (Å²) in [6, 6.07) is 7.72. The number of aryl methyl sites for hydroxylation is 1. The van der Waals surface area contributed by atoms with Crippen molar-refractivity contribution in [2.45, 2.75) is 6.92 Å². The standard InChI is InChI=1S/C10H7N3OSSe/c1-6-11-12-10(15-6)13-9(14)7-4-2-3-5-8(7)16-13/h2-5H,1H3. The van der Waals surface area contributed by atoms with E-state index in [0.717, 1.165) is 14.7 Å². The van der Waals surface area contributed by atoms with Gasteiger partial charge in [0.1, 0.15) is 0 Å². The Morgan fingerprint density at radius 3 is 2.81 bits per heavy atom. The molecule has 0 aliphatic heterocycles. The van der Waals surface area contributed by atoms with Crippen molar-refractivity contribution in [2.75, 3.05) is 0 Å². The first-order valence-corrected chi connectivity index (χ1v) is 7.11. The van der Waals surface area contributed by atoms with E-state index in [1.807, 2.05) is 31.2 Å². The normalized spacial score (nSPS) is 11.1. The molecular formula is C10H7N3OSSe. The average molecular weight is 296 g/mol. The van der Waals surface area contributed by atoms with E-state index in [4.69, 9.17) is 0 Å². The van der Waals surface area contributed by atoms with E-state index in [2.05, 4.69) is 10.2 Å². The first-order chi connectivity index (χ1) is 7.75. The average Bonchev–Trinajstić information content (AvgIpc) is 2.84. The number of fused-ring (bicyclic) bond motifs is 1. The molecule has 3 aromatic rings. The van der Waals surface area contributed by atoms with Crippen LogP contribution in [0.2, 0.25) is 0 Å². The summed E-state index contributed by atoms with van der Waals surface area (Å²) in [5, 5.41) is 10.4. The van der Waals surface area contributed by atoms with Crippen LogP contribution in [0.25, 0.3) is 14.8 Å². The summed E-state index contributed by atoms with van der Waals surface area (Å²) in [6.07, 6.45) is 0. The zero-order valence-corrected chi connectivity index (χ0v) is 10.9. The number of nitrogens with zero attached hydrogens (tertiary/aromatic N) is 3. The van der Waals surface area contributed by atoms with Crippen LogP contribution < -0.4 is 5.56 Å². The van der Waals surface area contributed by atoms with Crippen LogP contribution in [0.1, 0.15) is 5.01 Å². The fourth-order valence-electron chi connectivity index (χ4n) is 1.47. The van der Waals surface area contributed by atoms with Gasteiger partial charge in [-0.1, -0.05) is 0 Å². The van der Waals surface area contributed by atoms with Crippen molar-refractivity contribution < 1.29 is 0 Å². The van der Waals surface area contributed by atoms with Crippen LogP contribution in [0.3, 0.4) is 0 Å². The molecule has 80 valence electrons. The number of benzene rings is 1. The molecule has 0 atom stereocenters. The molecule has 2 heterocycles. The van der Waals surface area contributed by atoms with Crippen LogP contribution in [-0.4, -0.2) is 28.5 Å². The second kappa shape index (κ2) is 3.66. The Hall–Kier alpha value is -1.23. The van der Waals surface area contributed by atoms with Crippen LogP contribution in [0.4, 0.5) is 0 Å². The molecule has 0 N–H and O–H groups in total. The Morgan fingerprint density at radius 2 is 2.12 bits per heavy atom. The molecule has 4 nitrogen and oxygen atoms in total. The second-order valence-corrected chi connectivity index (χ2v) is 6.52. The van der Waals surface area contributed by atoms with Crippen molar-refractivity contribution in [1.29, 1.82) is 0 Å². The number of aromatic nitrogens is 3. The van der Waals surface area contributed by atoms with Crippen LogP contribution in [0.5, 0.6) is 0 Å². The third-order valence-corrected chi connectivity index (χ3v) is 5.52. The second-order valence-electron chi connectivity index (χ2n) is 3.29. The van der Waals surface area contributed by atoms with Crippen LogP contribution in [-0.2, 0) is 0 Å². The summed E-state index contributed by atoms with van der Waals surface area (Å²) >= 11 is 1.46. The van der Waals surface area contributed by atoms with Gasteiger partial charge in [-0.2, -0.15) is 0 Å². The Bertz CT molecular complexity index is 712. The molecule has 6 heteroatoms. The topological polar surface area (TPSA) is 47.8 Å². The van der Waals surface area contributed by atoms with Gasteiger partial charge in [-0.25, -0.2) is 0 Å². The van der Waals surface area contributed by atoms with Gasteiger partial charge >= 0.3 is 101 Å². The van der Waals surface area contributed by atoms with E-state index in [1.165, 1.54) is 11.3 Å². The van der Waals surface area contributed by atoms with Gasteiger partial charge in [0.25, 0.3) is 0 Å². The predicted molar refractivity (Wildman–Crippen MR) is 64.7 cm³/mol. The van der Waals surface area contributed by atoms with Crippen molar-refractivity contribution >= 4 is 35.7 Å². The van der Waals surface area contributed by atoms with E-state index in [9.17, 15) is 4.79 Å². The molecule has 0 spiro atoms. The molecule has 1 aromatic carbocycles. The van der Waals surface area contributed by atoms with Crippen molar-refractivity contribution in [2.24, 2.45) is 0 Å². The molecule has 0 aliphatic rings. The number of hydrogen-bond acceptors (Lipinski definition) is 4. The van der Waals surface area contributed by atoms with Gasteiger partial charge in [-0.15, -0.1) is 0 Å². The molecule has 2 aromatic heterocycles. The van der Waals surface area contributed by atoms with Gasteiger partial charge < -0.3 is 0 Å². The maximum atomic E-state index is 12.1. The first-order valence-electron chi connectivity index (χ1n) is 4.67. The molecule has 16 heavy (non-hydrogen) atoms. The van der Waals surface area contributed by atoms with E-state index in [-0.39, 0.29) is 20.3 Å². The van der Waals surface area contributed by atoms with Crippen LogP contribution in [0, 0.1) is 6.92 Å². The van der Waals surface area contributed by atoms with Gasteiger partial charge in [0.2, 0.25) is 0 Å². The van der Waals surface area contributed by atoms with Gasteiger partial charge in [-0.3, -0.25) is 0 Å². The van der Waals surface area contributed by atoms with E-state index >= 15 is 0 Å². The molecule has 0 saturated heterocycles. The predicted octanol–water partition coefficient (Wildman–Crippen LogP) is 1.21. The Kier molecular flexibility index (Phi) is 2.28. The van der Waals surface area contributed by atoms with E-state index in [1.54, 1.807) is 3.56 Å². The maximum absolute atomic E-state index is 12.1. The quantitative estimate of drug-likeness (QED) is 0.634. The summed E-state index contributed by atoms with van der Waals surface area (Å²) in [7, 11) is 0. The Balaban J connectivity index is 2.33. The number of rotatable bonds is 1. The number of hydrogen-bond donors (Lipinski definition) is 0. The Labute approximate surface area is 101 Å². The SMILES string of the molecule is Cc1nnc(-n2[se]c3ccccc3c2=O)s1. The Morgan fingerprint density at radius 1 is 1.31 bits per heavy atom. The molecule has 0 bridgehead atoms. The van der Waals surface area contributed by atoms with Gasteiger partial charge in [-0.05, 0) is 0 Å². The summed E-state index contributed by atoms with van der Waals surface area (Å²) in [5.74, 6) is 0. The fourth-order valence-corrected chi connectivity index (χ4v) is 4.35. The molecule has 0 fully saturated rings. The molecule has 0 aliphatic carbocycles. The first kappa shape index (κ1) is 9.96. The van der Waals surface area contributed by atoms with Crippen molar-refractivity contribution in [3.63, 3.8) is 0 Å². The summed E-state index contributed by atoms with van der Waals surface area (Å²) in [6.45, 7) is 1.89. The molecule has 0 radical (unpaired) electrons. The third-order valence-electron chi connectivity index (χ3n) is 2.18. The van der Waals surface area contributed by atoms with E-state index < -0.39 is 0 Å². The van der Waals surface area contributed by atoms with Crippen molar-refractivity contribution in [3.8, 4) is 5.13 Å². The molecular weight excluding hydrogens is 289 g/mol. The summed E-state index contributed by atoms with van der Waals surface area (Å²) in [5.41, 5.74) is 0.0479. The van der Waals surface area contributed by atoms with Gasteiger partial charge in [0.15, 0.2) is 0 Å². The van der Waals surface area contributed by atoms with Crippen LogP contribution in [0.15, 0.2) is 29.1 Å². The third kappa shape index (κ3) is 1.46. The minimum atomic E-state index is -0.000347.